The molecular formula is C12H14BrFN2O2S. The molecule has 1 fully saturated rings. The zero-order valence-electron chi connectivity index (χ0n) is 10.1. The molecule has 0 saturated carbocycles. The van der Waals surface area contributed by atoms with Crippen molar-refractivity contribution >= 4 is 38.3 Å². The van der Waals surface area contributed by atoms with Crippen molar-refractivity contribution in [2.45, 2.75) is 18.9 Å². The molecule has 4 nitrogen and oxygen atoms in total. The van der Waals surface area contributed by atoms with E-state index in [4.69, 9.17) is 5.73 Å². The van der Waals surface area contributed by atoms with Gasteiger partial charge in [0.1, 0.15) is 5.82 Å². The second kappa shape index (κ2) is 6.00. The van der Waals surface area contributed by atoms with Crippen LogP contribution in [-0.4, -0.2) is 27.7 Å². The Hall–Kier alpha value is -0.950. The number of nitrogens with one attached hydrogen (secondary N) is 1. The van der Waals surface area contributed by atoms with Gasteiger partial charge in [-0.1, -0.05) is 15.9 Å². The highest BCUT2D eigenvalue weighted by atomic mass is 79.9. The number of anilines is 1. The Morgan fingerprint density at radius 2 is 2.05 bits per heavy atom. The fourth-order valence-electron chi connectivity index (χ4n) is 2.10. The molecule has 1 heterocycles. The number of primary amides is 1. The molecule has 0 bridgehead atoms. The number of benzene rings is 1. The first-order valence-corrected chi connectivity index (χ1v) is 8.16. The highest BCUT2D eigenvalue weighted by Gasteiger charge is 2.21. The summed E-state index contributed by atoms with van der Waals surface area (Å²) >= 11 is 3.19. The molecule has 1 saturated heterocycles. The Morgan fingerprint density at radius 1 is 1.42 bits per heavy atom. The van der Waals surface area contributed by atoms with Gasteiger partial charge in [-0.2, -0.15) is 0 Å². The summed E-state index contributed by atoms with van der Waals surface area (Å²) in [7, 11) is -0.757. The lowest BCUT2D eigenvalue weighted by atomic mass is 10.1. The van der Waals surface area contributed by atoms with Crippen molar-refractivity contribution in [3.63, 3.8) is 0 Å². The third-order valence-corrected chi connectivity index (χ3v) is 4.89. The molecule has 0 aliphatic carbocycles. The predicted molar refractivity (Wildman–Crippen MR) is 77.1 cm³/mol. The molecule has 0 radical (unpaired) electrons. The molecule has 3 N–H and O–H groups in total. The van der Waals surface area contributed by atoms with Gasteiger partial charge in [0.05, 0.1) is 11.3 Å². The summed E-state index contributed by atoms with van der Waals surface area (Å²) in [6, 6.07) is 2.93. The second-order valence-corrected chi connectivity index (χ2v) is 7.05. The van der Waals surface area contributed by atoms with Gasteiger partial charge in [-0.3, -0.25) is 9.00 Å². The van der Waals surface area contributed by atoms with Gasteiger partial charge in [0, 0.05) is 32.8 Å². The zero-order chi connectivity index (χ0) is 14.0. The van der Waals surface area contributed by atoms with Crippen molar-refractivity contribution < 1.29 is 13.4 Å². The maximum absolute atomic E-state index is 13.8. The molecule has 1 aliphatic heterocycles. The average molecular weight is 349 g/mol. The number of amides is 1. The van der Waals surface area contributed by atoms with Crippen LogP contribution in [-0.2, 0) is 10.8 Å². The first-order valence-electron chi connectivity index (χ1n) is 5.87. The Kier molecular flexibility index (Phi) is 4.57. The van der Waals surface area contributed by atoms with Crippen LogP contribution in [0, 0.1) is 5.82 Å². The van der Waals surface area contributed by atoms with Crippen LogP contribution in [0.15, 0.2) is 16.6 Å². The molecule has 1 aliphatic rings. The van der Waals surface area contributed by atoms with Gasteiger partial charge >= 0.3 is 0 Å². The molecule has 19 heavy (non-hydrogen) atoms. The third-order valence-electron chi connectivity index (χ3n) is 3.05. The SMILES string of the molecule is NC(=O)c1c(F)cc(Br)cc1NC1CCS(=O)CC1. The molecular weight excluding hydrogens is 335 g/mol. The van der Waals surface area contributed by atoms with E-state index in [1.807, 2.05) is 0 Å². The van der Waals surface area contributed by atoms with E-state index in [-0.39, 0.29) is 11.6 Å². The largest absolute Gasteiger partial charge is 0.381 e. The van der Waals surface area contributed by atoms with E-state index >= 15 is 0 Å². The Morgan fingerprint density at radius 3 is 2.63 bits per heavy atom. The topological polar surface area (TPSA) is 72.2 Å². The van der Waals surface area contributed by atoms with E-state index in [1.54, 1.807) is 6.07 Å². The maximum Gasteiger partial charge on any atom is 0.253 e. The lowest BCUT2D eigenvalue weighted by Gasteiger charge is -2.24. The van der Waals surface area contributed by atoms with E-state index in [9.17, 15) is 13.4 Å². The van der Waals surface area contributed by atoms with Crippen LogP contribution in [0.3, 0.4) is 0 Å². The summed E-state index contributed by atoms with van der Waals surface area (Å²) in [6.45, 7) is 0. The maximum atomic E-state index is 13.8. The summed E-state index contributed by atoms with van der Waals surface area (Å²) in [5.74, 6) is -0.198. The fourth-order valence-corrected chi connectivity index (χ4v) is 3.82. The van der Waals surface area contributed by atoms with E-state index in [2.05, 4.69) is 21.2 Å². The summed E-state index contributed by atoms with van der Waals surface area (Å²) in [4.78, 5) is 11.3. The molecule has 1 aromatic rings. The minimum absolute atomic E-state index is 0.0875. The van der Waals surface area contributed by atoms with Crippen LogP contribution in [0.1, 0.15) is 23.2 Å². The van der Waals surface area contributed by atoms with Gasteiger partial charge < -0.3 is 11.1 Å². The quantitative estimate of drug-likeness (QED) is 0.877. The smallest absolute Gasteiger partial charge is 0.253 e. The van der Waals surface area contributed by atoms with Crippen LogP contribution in [0.2, 0.25) is 0 Å². The summed E-state index contributed by atoms with van der Waals surface area (Å²) < 4.78 is 25.6. The molecule has 104 valence electrons. The number of halogens is 2. The molecule has 0 unspecified atom stereocenters. The zero-order valence-corrected chi connectivity index (χ0v) is 12.5. The molecule has 2 rings (SSSR count). The minimum Gasteiger partial charge on any atom is -0.381 e. The van der Waals surface area contributed by atoms with E-state index < -0.39 is 22.5 Å². The standard InChI is InChI=1S/C12H14BrFN2O2S/c13-7-5-9(14)11(12(15)17)10(6-7)16-8-1-3-19(18)4-2-8/h5-6,8,16H,1-4H2,(H2,15,17). The predicted octanol–water partition coefficient (Wildman–Crippen LogP) is 2.01. The molecule has 7 heteroatoms. The Balaban J connectivity index is 2.24. The van der Waals surface area contributed by atoms with Crippen molar-refractivity contribution in [1.29, 1.82) is 0 Å². The molecule has 0 atom stereocenters. The molecule has 0 spiro atoms. The van der Waals surface area contributed by atoms with E-state index in [0.717, 1.165) is 12.8 Å². The third kappa shape index (κ3) is 3.54. The van der Waals surface area contributed by atoms with Gasteiger partial charge in [-0.25, -0.2) is 4.39 Å². The van der Waals surface area contributed by atoms with Crippen molar-refractivity contribution in [2.24, 2.45) is 5.73 Å². The summed E-state index contributed by atoms with van der Waals surface area (Å²) in [6.07, 6.45) is 1.47. The number of hydrogen-bond donors (Lipinski definition) is 2. The van der Waals surface area contributed by atoms with Crippen LogP contribution in [0.4, 0.5) is 10.1 Å². The number of rotatable bonds is 3. The van der Waals surface area contributed by atoms with Gasteiger partial charge in [0.25, 0.3) is 5.91 Å². The summed E-state index contributed by atoms with van der Waals surface area (Å²) in [5, 5.41) is 3.13. The van der Waals surface area contributed by atoms with Crippen molar-refractivity contribution in [1.82, 2.24) is 0 Å². The lowest BCUT2D eigenvalue weighted by molar-refractivity contribution is 0.0997. The van der Waals surface area contributed by atoms with Crippen LogP contribution in [0.25, 0.3) is 0 Å². The number of carbonyl (C=O) groups is 1. The first kappa shape index (κ1) is 14.5. The highest BCUT2D eigenvalue weighted by molar-refractivity contribution is 9.10. The van der Waals surface area contributed by atoms with E-state index in [0.29, 0.717) is 21.7 Å². The van der Waals surface area contributed by atoms with Gasteiger partial charge in [-0.15, -0.1) is 0 Å². The Labute approximate surface area is 121 Å². The van der Waals surface area contributed by atoms with Crippen molar-refractivity contribution in [3.8, 4) is 0 Å². The number of nitrogens with two attached hydrogens (primary N) is 1. The van der Waals surface area contributed by atoms with Crippen molar-refractivity contribution in [3.05, 3.63) is 28.0 Å². The van der Waals surface area contributed by atoms with E-state index in [1.165, 1.54) is 6.07 Å². The Bertz CT molecular complexity index is 529. The highest BCUT2D eigenvalue weighted by Crippen LogP contribution is 2.26. The first-order chi connectivity index (χ1) is 8.97. The fraction of sp³-hybridized carbons (Fsp3) is 0.417. The second-order valence-electron chi connectivity index (χ2n) is 4.44. The molecule has 1 aromatic carbocycles. The van der Waals surface area contributed by atoms with Gasteiger partial charge in [-0.05, 0) is 25.0 Å². The normalized spacial score (nSPS) is 23.1. The van der Waals surface area contributed by atoms with Gasteiger partial charge in [0.2, 0.25) is 0 Å². The van der Waals surface area contributed by atoms with Gasteiger partial charge in [0.15, 0.2) is 0 Å². The van der Waals surface area contributed by atoms with Crippen LogP contribution in [0.5, 0.6) is 0 Å². The summed E-state index contributed by atoms with van der Waals surface area (Å²) in [5.41, 5.74) is 5.47. The monoisotopic (exact) mass is 348 g/mol. The number of hydrogen-bond acceptors (Lipinski definition) is 3. The average Bonchev–Trinajstić information content (AvgIpc) is 2.30. The lowest BCUT2D eigenvalue weighted by Crippen LogP contribution is -2.30. The molecule has 0 aromatic heterocycles. The van der Waals surface area contributed by atoms with Crippen molar-refractivity contribution in [2.75, 3.05) is 16.8 Å². The molecule has 1 amide bonds. The van der Waals surface area contributed by atoms with Crippen LogP contribution >= 0.6 is 15.9 Å². The minimum atomic E-state index is -0.799. The van der Waals surface area contributed by atoms with Crippen LogP contribution < -0.4 is 11.1 Å². The number of carbonyl (C=O) groups excluding carboxylic acids is 1.